The molecule has 0 radical (unpaired) electrons. The van der Waals surface area contributed by atoms with E-state index in [1.54, 1.807) is 0 Å². The predicted molar refractivity (Wildman–Crippen MR) is 94.0 cm³/mol. The Bertz CT molecular complexity index is 696. The molecule has 1 aromatic heterocycles. The molecule has 2 aromatic rings. The standard InChI is InChI=1S/C17H23N5O2/c18-17-19-15(12-16(23)20-17)22-8-6-21(7-9-22)10-11-24-13-14-4-2-1-3-5-14/h1-5,12H,6-11,13H2,(H3,18,19,20,23). The molecule has 0 unspecified atom stereocenters. The normalized spacial score (nSPS) is 15.6. The minimum Gasteiger partial charge on any atom is -0.375 e. The van der Waals surface area contributed by atoms with Gasteiger partial charge in [0.1, 0.15) is 5.82 Å². The Morgan fingerprint density at radius 2 is 1.92 bits per heavy atom. The molecule has 0 aliphatic carbocycles. The predicted octanol–water partition coefficient (Wildman–Crippen LogP) is 0.691. The molecule has 1 aliphatic heterocycles. The van der Waals surface area contributed by atoms with Gasteiger partial charge in [0.15, 0.2) is 0 Å². The van der Waals surface area contributed by atoms with Crippen molar-refractivity contribution >= 4 is 11.8 Å². The number of anilines is 2. The fourth-order valence-corrected chi connectivity index (χ4v) is 2.78. The van der Waals surface area contributed by atoms with Crippen molar-refractivity contribution < 1.29 is 4.74 Å². The van der Waals surface area contributed by atoms with Gasteiger partial charge in [0.25, 0.3) is 5.56 Å². The summed E-state index contributed by atoms with van der Waals surface area (Å²) in [4.78, 5) is 22.6. The van der Waals surface area contributed by atoms with Crippen LogP contribution in [0.1, 0.15) is 5.56 Å². The molecule has 7 heteroatoms. The van der Waals surface area contributed by atoms with E-state index in [-0.39, 0.29) is 11.5 Å². The second-order valence-electron chi connectivity index (χ2n) is 5.86. The molecule has 24 heavy (non-hydrogen) atoms. The van der Waals surface area contributed by atoms with Crippen molar-refractivity contribution in [1.82, 2.24) is 14.9 Å². The zero-order valence-electron chi connectivity index (χ0n) is 13.6. The monoisotopic (exact) mass is 329 g/mol. The summed E-state index contributed by atoms with van der Waals surface area (Å²) >= 11 is 0. The number of rotatable bonds is 6. The number of nitrogens with two attached hydrogens (primary N) is 1. The quantitative estimate of drug-likeness (QED) is 0.758. The molecule has 7 nitrogen and oxygen atoms in total. The van der Waals surface area contributed by atoms with E-state index < -0.39 is 0 Å². The molecular formula is C17H23N5O2. The molecular weight excluding hydrogens is 306 g/mol. The number of ether oxygens (including phenoxy) is 1. The fourth-order valence-electron chi connectivity index (χ4n) is 2.78. The SMILES string of the molecule is Nc1nc(N2CCN(CCOCc3ccccc3)CC2)cc(=O)[nH]1. The second kappa shape index (κ2) is 7.94. The zero-order chi connectivity index (χ0) is 16.8. The van der Waals surface area contributed by atoms with Crippen LogP contribution in [0.2, 0.25) is 0 Å². The molecule has 0 spiro atoms. The van der Waals surface area contributed by atoms with Crippen LogP contribution in [0, 0.1) is 0 Å². The number of piperazine rings is 1. The first-order valence-electron chi connectivity index (χ1n) is 8.16. The summed E-state index contributed by atoms with van der Waals surface area (Å²) in [7, 11) is 0. The fraction of sp³-hybridized carbons (Fsp3) is 0.412. The number of benzene rings is 1. The van der Waals surface area contributed by atoms with Crippen molar-refractivity contribution in [2.75, 3.05) is 50.0 Å². The van der Waals surface area contributed by atoms with Gasteiger partial charge < -0.3 is 15.4 Å². The zero-order valence-corrected chi connectivity index (χ0v) is 13.6. The highest BCUT2D eigenvalue weighted by atomic mass is 16.5. The van der Waals surface area contributed by atoms with Gasteiger partial charge in [-0.1, -0.05) is 30.3 Å². The molecule has 128 valence electrons. The molecule has 0 bridgehead atoms. The Balaban J connectivity index is 1.40. The van der Waals surface area contributed by atoms with Crippen molar-refractivity contribution in [2.45, 2.75) is 6.61 Å². The van der Waals surface area contributed by atoms with E-state index in [4.69, 9.17) is 10.5 Å². The van der Waals surface area contributed by atoms with Crippen molar-refractivity contribution in [3.05, 3.63) is 52.3 Å². The maximum atomic E-state index is 11.5. The van der Waals surface area contributed by atoms with Crippen molar-refractivity contribution in [1.29, 1.82) is 0 Å². The van der Waals surface area contributed by atoms with Gasteiger partial charge in [-0.15, -0.1) is 0 Å². The second-order valence-corrected chi connectivity index (χ2v) is 5.86. The average Bonchev–Trinajstić information content (AvgIpc) is 2.59. The average molecular weight is 329 g/mol. The third-order valence-corrected chi connectivity index (χ3v) is 4.11. The summed E-state index contributed by atoms with van der Waals surface area (Å²) in [6, 6.07) is 11.7. The Kier molecular flexibility index (Phi) is 5.45. The first kappa shape index (κ1) is 16.5. The lowest BCUT2D eigenvalue weighted by Gasteiger charge is -2.35. The van der Waals surface area contributed by atoms with Gasteiger partial charge in [0.2, 0.25) is 5.95 Å². The Morgan fingerprint density at radius 3 is 2.62 bits per heavy atom. The van der Waals surface area contributed by atoms with E-state index in [1.165, 1.54) is 11.6 Å². The topological polar surface area (TPSA) is 87.5 Å². The van der Waals surface area contributed by atoms with E-state index in [0.29, 0.717) is 19.0 Å². The van der Waals surface area contributed by atoms with Gasteiger partial charge in [-0.25, -0.2) is 0 Å². The summed E-state index contributed by atoms with van der Waals surface area (Å²) < 4.78 is 5.74. The first-order valence-corrected chi connectivity index (χ1v) is 8.16. The van der Waals surface area contributed by atoms with Crippen LogP contribution in [0.5, 0.6) is 0 Å². The summed E-state index contributed by atoms with van der Waals surface area (Å²) in [5.74, 6) is 0.811. The lowest BCUT2D eigenvalue weighted by atomic mass is 10.2. The van der Waals surface area contributed by atoms with Crippen LogP contribution in [0.25, 0.3) is 0 Å². The Labute approximate surface area is 141 Å². The lowest BCUT2D eigenvalue weighted by molar-refractivity contribution is 0.0906. The Hall–Kier alpha value is -2.38. The van der Waals surface area contributed by atoms with E-state index in [1.807, 2.05) is 18.2 Å². The lowest BCUT2D eigenvalue weighted by Crippen LogP contribution is -2.47. The summed E-state index contributed by atoms with van der Waals surface area (Å²) in [5, 5.41) is 0. The van der Waals surface area contributed by atoms with Crippen molar-refractivity contribution in [2.24, 2.45) is 0 Å². The molecule has 0 amide bonds. The largest absolute Gasteiger partial charge is 0.375 e. The van der Waals surface area contributed by atoms with E-state index >= 15 is 0 Å². The first-order chi connectivity index (χ1) is 11.7. The van der Waals surface area contributed by atoms with Crippen LogP contribution in [-0.2, 0) is 11.3 Å². The van der Waals surface area contributed by atoms with Crippen LogP contribution in [0.15, 0.2) is 41.2 Å². The molecule has 3 N–H and O–H groups in total. The number of nitrogen functional groups attached to an aromatic ring is 1. The molecule has 1 saturated heterocycles. The number of hydrogen-bond donors (Lipinski definition) is 2. The van der Waals surface area contributed by atoms with Gasteiger partial charge in [0, 0.05) is 38.8 Å². The minimum atomic E-state index is -0.214. The molecule has 0 atom stereocenters. The number of nitrogens with zero attached hydrogens (tertiary/aromatic N) is 3. The van der Waals surface area contributed by atoms with Gasteiger partial charge in [-0.3, -0.25) is 14.7 Å². The van der Waals surface area contributed by atoms with Crippen LogP contribution in [-0.4, -0.2) is 54.2 Å². The van der Waals surface area contributed by atoms with E-state index in [2.05, 4.69) is 31.9 Å². The smallest absolute Gasteiger partial charge is 0.254 e. The molecule has 1 aliphatic rings. The van der Waals surface area contributed by atoms with Gasteiger partial charge in [0.05, 0.1) is 13.2 Å². The van der Waals surface area contributed by atoms with E-state index in [0.717, 1.165) is 32.7 Å². The highest BCUT2D eigenvalue weighted by molar-refractivity contribution is 5.41. The van der Waals surface area contributed by atoms with Crippen LogP contribution < -0.4 is 16.2 Å². The van der Waals surface area contributed by atoms with Crippen LogP contribution in [0.4, 0.5) is 11.8 Å². The Morgan fingerprint density at radius 1 is 1.17 bits per heavy atom. The highest BCUT2D eigenvalue weighted by Crippen LogP contribution is 2.12. The summed E-state index contributed by atoms with van der Waals surface area (Å²) in [6.07, 6.45) is 0. The molecule has 1 aromatic carbocycles. The van der Waals surface area contributed by atoms with Crippen LogP contribution in [0.3, 0.4) is 0 Å². The molecule has 3 rings (SSSR count). The van der Waals surface area contributed by atoms with Crippen molar-refractivity contribution in [3.63, 3.8) is 0 Å². The maximum absolute atomic E-state index is 11.5. The number of nitrogens with one attached hydrogen (secondary N) is 1. The maximum Gasteiger partial charge on any atom is 0.254 e. The highest BCUT2D eigenvalue weighted by Gasteiger charge is 2.18. The number of H-pyrrole nitrogens is 1. The third kappa shape index (κ3) is 4.56. The molecule has 1 fully saturated rings. The van der Waals surface area contributed by atoms with E-state index in [9.17, 15) is 4.79 Å². The third-order valence-electron chi connectivity index (χ3n) is 4.11. The number of hydrogen-bond acceptors (Lipinski definition) is 6. The molecule has 2 heterocycles. The summed E-state index contributed by atoms with van der Waals surface area (Å²) in [5.41, 5.74) is 6.58. The van der Waals surface area contributed by atoms with Gasteiger partial charge >= 0.3 is 0 Å². The number of aromatic amines is 1. The minimum absolute atomic E-state index is 0.161. The van der Waals surface area contributed by atoms with Gasteiger partial charge in [-0.2, -0.15) is 4.98 Å². The molecule has 0 saturated carbocycles. The number of aromatic nitrogens is 2. The van der Waals surface area contributed by atoms with Crippen LogP contribution >= 0.6 is 0 Å². The van der Waals surface area contributed by atoms with Gasteiger partial charge in [-0.05, 0) is 5.56 Å². The summed E-state index contributed by atoms with van der Waals surface area (Å²) in [6.45, 7) is 5.77. The van der Waals surface area contributed by atoms with Crippen molar-refractivity contribution in [3.8, 4) is 0 Å².